The molecule has 6 heteroatoms. The molecule has 0 aromatic carbocycles. The maximum Gasteiger partial charge on any atom is 0.242 e. The van der Waals surface area contributed by atoms with Crippen molar-refractivity contribution < 1.29 is 4.79 Å². The van der Waals surface area contributed by atoms with Crippen LogP contribution in [0.4, 0.5) is 5.82 Å². The Hall–Kier alpha value is -1.07. The van der Waals surface area contributed by atoms with E-state index in [0.29, 0.717) is 5.82 Å². The molecule has 1 unspecified atom stereocenters. The van der Waals surface area contributed by atoms with Crippen molar-refractivity contribution in [2.75, 3.05) is 5.32 Å². The highest BCUT2D eigenvalue weighted by molar-refractivity contribution is 5.93. The van der Waals surface area contributed by atoms with Gasteiger partial charge in [-0.25, -0.2) is 0 Å². The molecule has 0 saturated carbocycles. The first-order valence-electron chi connectivity index (χ1n) is 5.24. The summed E-state index contributed by atoms with van der Waals surface area (Å²) < 4.78 is 0. The van der Waals surface area contributed by atoms with Crippen LogP contribution in [0.25, 0.3) is 0 Å². The quantitative estimate of drug-likeness (QED) is 0.736. The molecule has 1 rings (SSSR count). The lowest BCUT2D eigenvalue weighted by Crippen LogP contribution is -2.32. The fraction of sp³-hybridized carbons (Fsp3) is 0.600. The molecule has 0 aliphatic rings. The van der Waals surface area contributed by atoms with Crippen LogP contribution in [-0.2, 0) is 11.2 Å². The molecular weight excluding hydrogens is 228 g/mol. The summed E-state index contributed by atoms with van der Waals surface area (Å²) in [5.41, 5.74) is 6.46. The maximum atomic E-state index is 11.2. The monoisotopic (exact) mass is 246 g/mol. The first kappa shape index (κ1) is 14.9. The fourth-order valence-corrected chi connectivity index (χ4v) is 1.16. The summed E-state index contributed by atoms with van der Waals surface area (Å²) in [4.78, 5) is 11.2. The minimum absolute atomic E-state index is 0. The normalized spacial score (nSPS) is 11.7. The summed E-state index contributed by atoms with van der Waals surface area (Å²) in [6, 6.07) is 1.33. The highest BCUT2D eigenvalue weighted by Gasteiger charge is 2.09. The van der Waals surface area contributed by atoms with Gasteiger partial charge in [0, 0.05) is 11.8 Å². The molecule has 1 aromatic rings. The molecule has 0 aliphatic carbocycles. The number of hydrogen-bond donors (Lipinski definition) is 3. The number of nitrogens with two attached hydrogens (primary N) is 1. The summed E-state index contributed by atoms with van der Waals surface area (Å²) in [5, 5.41) is 9.49. The van der Waals surface area contributed by atoms with E-state index in [9.17, 15) is 4.79 Å². The van der Waals surface area contributed by atoms with Crippen LogP contribution in [0.5, 0.6) is 0 Å². The molecule has 1 heterocycles. The van der Waals surface area contributed by atoms with Crippen molar-refractivity contribution >= 4 is 24.1 Å². The van der Waals surface area contributed by atoms with Gasteiger partial charge in [-0.05, 0) is 19.8 Å². The molecule has 0 bridgehead atoms. The standard InChI is InChI=1S/C10H18N4O.ClH/c1-3-4-5-8-6-9(14-13-8)12-10(15)7(2)11;/h6-7H,3-5,11H2,1-2H3,(H2,12,13,14,15);1H. The summed E-state index contributed by atoms with van der Waals surface area (Å²) in [5.74, 6) is 0.326. The van der Waals surface area contributed by atoms with E-state index < -0.39 is 6.04 Å². The van der Waals surface area contributed by atoms with Crippen molar-refractivity contribution in [3.8, 4) is 0 Å². The fourth-order valence-electron chi connectivity index (χ4n) is 1.16. The number of amides is 1. The van der Waals surface area contributed by atoms with Gasteiger partial charge in [-0.3, -0.25) is 9.89 Å². The van der Waals surface area contributed by atoms with E-state index in [-0.39, 0.29) is 18.3 Å². The molecule has 1 amide bonds. The number of carbonyl (C=O) groups is 1. The summed E-state index contributed by atoms with van der Waals surface area (Å²) >= 11 is 0. The van der Waals surface area contributed by atoms with Crippen LogP contribution >= 0.6 is 12.4 Å². The number of nitrogens with one attached hydrogen (secondary N) is 2. The van der Waals surface area contributed by atoms with Crippen molar-refractivity contribution in [3.05, 3.63) is 11.8 Å². The Morgan fingerprint density at radius 3 is 2.94 bits per heavy atom. The zero-order valence-corrected chi connectivity index (χ0v) is 10.4. The van der Waals surface area contributed by atoms with E-state index >= 15 is 0 Å². The predicted molar refractivity (Wildman–Crippen MR) is 66.7 cm³/mol. The van der Waals surface area contributed by atoms with Gasteiger partial charge in [-0.1, -0.05) is 13.3 Å². The van der Waals surface area contributed by atoms with E-state index in [1.54, 1.807) is 6.92 Å². The van der Waals surface area contributed by atoms with Gasteiger partial charge in [0.2, 0.25) is 5.91 Å². The average Bonchev–Trinajstić information content (AvgIpc) is 2.62. The molecular formula is C10H19ClN4O. The van der Waals surface area contributed by atoms with Gasteiger partial charge in [0.25, 0.3) is 0 Å². The van der Waals surface area contributed by atoms with Crippen molar-refractivity contribution in [2.45, 2.75) is 39.2 Å². The van der Waals surface area contributed by atoms with Gasteiger partial charge >= 0.3 is 0 Å². The zero-order valence-electron chi connectivity index (χ0n) is 9.62. The third kappa shape index (κ3) is 4.63. The zero-order chi connectivity index (χ0) is 11.3. The molecule has 1 aromatic heterocycles. The van der Waals surface area contributed by atoms with E-state index in [4.69, 9.17) is 5.73 Å². The number of aryl methyl sites for hydroxylation is 1. The van der Waals surface area contributed by atoms with E-state index in [0.717, 1.165) is 25.0 Å². The van der Waals surface area contributed by atoms with Gasteiger partial charge in [0.05, 0.1) is 6.04 Å². The number of aromatic amines is 1. The van der Waals surface area contributed by atoms with Crippen molar-refractivity contribution in [1.29, 1.82) is 0 Å². The third-order valence-electron chi connectivity index (χ3n) is 2.10. The molecule has 0 saturated heterocycles. The second-order valence-corrected chi connectivity index (χ2v) is 3.66. The number of hydrogen-bond acceptors (Lipinski definition) is 3. The summed E-state index contributed by atoms with van der Waals surface area (Å²) in [6.07, 6.45) is 3.21. The molecule has 0 radical (unpaired) electrons. The lowest BCUT2D eigenvalue weighted by Gasteiger charge is -2.03. The van der Waals surface area contributed by atoms with Gasteiger partial charge < -0.3 is 11.1 Å². The van der Waals surface area contributed by atoms with Crippen molar-refractivity contribution in [3.63, 3.8) is 0 Å². The molecule has 5 nitrogen and oxygen atoms in total. The topological polar surface area (TPSA) is 83.8 Å². The number of H-pyrrole nitrogens is 1. The van der Waals surface area contributed by atoms with Crippen molar-refractivity contribution in [2.24, 2.45) is 5.73 Å². The Morgan fingerprint density at radius 2 is 2.38 bits per heavy atom. The number of nitrogens with zero attached hydrogens (tertiary/aromatic N) is 1. The van der Waals surface area contributed by atoms with E-state index in [2.05, 4.69) is 22.4 Å². The first-order valence-corrected chi connectivity index (χ1v) is 5.24. The predicted octanol–water partition coefficient (Wildman–Crippen LogP) is 1.46. The Labute approximate surface area is 102 Å². The van der Waals surface area contributed by atoms with E-state index in [1.165, 1.54) is 0 Å². The second-order valence-electron chi connectivity index (χ2n) is 3.66. The average molecular weight is 247 g/mol. The third-order valence-corrected chi connectivity index (χ3v) is 2.10. The number of carbonyl (C=O) groups excluding carboxylic acids is 1. The Bertz CT molecular complexity index is 324. The second kappa shape index (κ2) is 7.24. The first-order chi connectivity index (χ1) is 7.13. The Kier molecular flexibility index (Phi) is 6.76. The molecule has 0 spiro atoms. The van der Waals surface area contributed by atoms with Gasteiger partial charge in [0.1, 0.15) is 0 Å². The Morgan fingerprint density at radius 1 is 1.69 bits per heavy atom. The lowest BCUT2D eigenvalue weighted by molar-refractivity contribution is -0.117. The number of rotatable bonds is 5. The molecule has 16 heavy (non-hydrogen) atoms. The minimum Gasteiger partial charge on any atom is -0.320 e. The van der Waals surface area contributed by atoms with Gasteiger partial charge in [-0.15, -0.1) is 12.4 Å². The molecule has 1 atom stereocenters. The number of unbranched alkanes of at least 4 members (excludes halogenated alkanes) is 1. The molecule has 0 aliphatic heterocycles. The summed E-state index contributed by atoms with van der Waals surface area (Å²) in [7, 11) is 0. The largest absolute Gasteiger partial charge is 0.320 e. The maximum absolute atomic E-state index is 11.2. The molecule has 0 fully saturated rings. The van der Waals surface area contributed by atoms with Crippen molar-refractivity contribution in [1.82, 2.24) is 10.2 Å². The number of anilines is 1. The minimum atomic E-state index is -0.513. The van der Waals surface area contributed by atoms with E-state index in [1.807, 2.05) is 6.07 Å². The van der Waals surface area contributed by atoms with Crippen LogP contribution in [0.1, 0.15) is 32.4 Å². The van der Waals surface area contributed by atoms with Crippen LogP contribution in [0.3, 0.4) is 0 Å². The highest BCUT2D eigenvalue weighted by Crippen LogP contribution is 2.08. The van der Waals surface area contributed by atoms with Gasteiger partial charge in [-0.2, -0.15) is 5.10 Å². The number of halogens is 1. The SMILES string of the molecule is CCCCc1cc(NC(=O)C(C)N)n[nH]1.Cl. The smallest absolute Gasteiger partial charge is 0.242 e. The number of aromatic nitrogens is 2. The summed E-state index contributed by atoms with van der Waals surface area (Å²) in [6.45, 7) is 3.77. The molecule has 4 N–H and O–H groups in total. The lowest BCUT2D eigenvalue weighted by atomic mass is 10.2. The van der Waals surface area contributed by atoms with Crippen LogP contribution in [0.2, 0.25) is 0 Å². The van der Waals surface area contributed by atoms with Crippen LogP contribution in [0.15, 0.2) is 6.07 Å². The Balaban J connectivity index is 0.00000225. The van der Waals surface area contributed by atoms with Gasteiger partial charge in [0.15, 0.2) is 5.82 Å². The van der Waals surface area contributed by atoms with Crippen LogP contribution in [0, 0.1) is 0 Å². The highest BCUT2D eigenvalue weighted by atomic mass is 35.5. The van der Waals surface area contributed by atoms with Crippen LogP contribution < -0.4 is 11.1 Å². The molecule has 92 valence electrons. The van der Waals surface area contributed by atoms with Crippen LogP contribution in [-0.4, -0.2) is 22.1 Å².